The van der Waals surface area contributed by atoms with Gasteiger partial charge in [0.05, 0.1) is 14.8 Å². The van der Waals surface area contributed by atoms with Crippen molar-refractivity contribution in [2.45, 2.75) is 4.90 Å². The fourth-order valence-electron chi connectivity index (χ4n) is 1.86. The lowest BCUT2D eigenvalue weighted by Crippen LogP contribution is -1.91. The van der Waals surface area contributed by atoms with Gasteiger partial charge in [0.15, 0.2) is 0 Å². The summed E-state index contributed by atoms with van der Waals surface area (Å²) in [5.41, 5.74) is 0.997. The van der Waals surface area contributed by atoms with Gasteiger partial charge in [0, 0.05) is 12.1 Å². The molecule has 0 aliphatic heterocycles. The molecule has 2 aromatic carbocycles. The Morgan fingerprint density at radius 3 is 2.42 bits per heavy atom. The zero-order chi connectivity index (χ0) is 17.7. The van der Waals surface area contributed by atoms with Crippen LogP contribution in [0, 0.1) is 10.1 Å². The third-order valence-electron chi connectivity index (χ3n) is 3.01. The lowest BCUT2D eigenvalue weighted by molar-refractivity contribution is -0.384. The molecule has 8 heteroatoms. The van der Waals surface area contributed by atoms with Crippen molar-refractivity contribution in [1.29, 1.82) is 0 Å². The number of non-ortho nitro benzene ring substituents is 1. The fourth-order valence-corrected chi connectivity index (χ4v) is 2.62. The Bertz CT molecular complexity index is 939. The fraction of sp³-hybridized carbons (Fsp3) is 0. The molecular formula is C16H11ClFNO4S. The van der Waals surface area contributed by atoms with Crippen LogP contribution in [-0.4, -0.2) is 13.3 Å². The molecule has 0 N–H and O–H groups in total. The second-order valence-corrected chi connectivity index (χ2v) is 6.45. The minimum Gasteiger partial charge on any atom is -0.258 e. The Morgan fingerprint density at radius 2 is 1.79 bits per heavy atom. The summed E-state index contributed by atoms with van der Waals surface area (Å²) in [7, 11) is -4.74. The summed E-state index contributed by atoms with van der Waals surface area (Å²) in [4.78, 5) is 9.68. The summed E-state index contributed by atoms with van der Waals surface area (Å²) in [5, 5.41) is 10.9. The standard InChI is InChI=1S/C16H11ClFNO4S/c17-16-11-14(19(20)21)9-8-13(16)6-2-1-4-12-5-3-7-15(10-12)24(18,22)23/h1-11H/b4-1-,6-2-. The van der Waals surface area contributed by atoms with Crippen LogP contribution in [0.4, 0.5) is 9.57 Å². The van der Waals surface area contributed by atoms with Gasteiger partial charge < -0.3 is 0 Å². The van der Waals surface area contributed by atoms with E-state index in [1.54, 1.807) is 30.4 Å². The van der Waals surface area contributed by atoms with Crippen molar-refractivity contribution in [3.63, 3.8) is 0 Å². The maximum absolute atomic E-state index is 12.9. The van der Waals surface area contributed by atoms with Gasteiger partial charge in [-0.25, -0.2) is 0 Å². The van der Waals surface area contributed by atoms with Crippen LogP contribution < -0.4 is 0 Å². The minimum atomic E-state index is -4.74. The van der Waals surface area contributed by atoms with E-state index < -0.39 is 20.0 Å². The number of hydrogen-bond acceptors (Lipinski definition) is 4. The van der Waals surface area contributed by atoms with E-state index in [1.807, 2.05) is 0 Å². The third kappa shape index (κ3) is 4.74. The Morgan fingerprint density at radius 1 is 1.08 bits per heavy atom. The summed E-state index contributed by atoms with van der Waals surface area (Å²) in [6, 6.07) is 9.53. The van der Waals surface area contributed by atoms with Gasteiger partial charge >= 0.3 is 10.2 Å². The summed E-state index contributed by atoms with van der Waals surface area (Å²) >= 11 is 5.95. The average molecular weight is 368 g/mol. The zero-order valence-electron chi connectivity index (χ0n) is 12.1. The lowest BCUT2D eigenvalue weighted by Gasteiger charge is -1.98. The molecule has 0 unspecified atom stereocenters. The van der Waals surface area contributed by atoms with Crippen molar-refractivity contribution in [2.75, 3.05) is 0 Å². The Hall–Kier alpha value is -2.51. The predicted molar refractivity (Wildman–Crippen MR) is 90.9 cm³/mol. The monoisotopic (exact) mass is 367 g/mol. The smallest absolute Gasteiger partial charge is 0.258 e. The molecule has 0 atom stereocenters. The number of benzene rings is 2. The molecule has 0 heterocycles. The number of nitrogens with zero attached hydrogens (tertiary/aromatic N) is 1. The maximum atomic E-state index is 12.9. The third-order valence-corrected chi connectivity index (χ3v) is 4.15. The molecule has 0 radical (unpaired) electrons. The van der Waals surface area contributed by atoms with E-state index in [4.69, 9.17) is 11.6 Å². The first-order chi connectivity index (χ1) is 11.3. The van der Waals surface area contributed by atoms with E-state index in [-0.39, 0.29) is 10.7 Å². The molecule has 0 aromatic heterocycles. The van der Waals surface area contributed by atoms with Gasteiger partial charge in [-0.05, 0) is 29.3 Å². The van der Waals surface area contributed by atoms with Crippen molar-refractivity contribution in [3.8, 4) is 0 Å². The first kappa shape index (κ1) is 17.8. The van der Waals surface area contributed by atoms with Crippen LogP contribution in [0.25, 0.3) is 12.2 Å². The van der Waals surface area contributed by atoms with Crippen molar-refractivity contribution in [2.24, 2.45) is 0 Å². The van der Waals surface area contributed by atoms with Crippen LogP contribution in [0.5, 0.6) is 0 Å². The van der Waals surface area contributed by atoms with Crippen LogP contribution in [0.15, 0.2) is 59.5 Å². The van der Waals surface area contributed by atoms with Crippen molar-refractivity contribution < 1.29 is 17.2 Å². The molecule has 0 aliphatic carbocycles. The van der Waals surface area contributed by atoms with Gasteiger partial charge in [0.25, 0.3) is 5.69 Å². The van der Waals surface area contributed by atoms with E-state index in [2.05, 4.69) is 0 Å². The topological polar surface area (TPSA) is 77.3 Å². The zero-order valence-corrected chi connectivity index (χ0v) is 13.7. The Labute approximate surface area is 143 Å². The molecule has 0 bridgehead atoms. The first-order valence-electron chi connectivity index (χ1n) is 6.61. The number of hydrogen-bond donors (Lipinski definition) is 0. The minimum absolute atomic E-state index is 0.100. The maximum Gasteiger partial charge on any atom is 0.332 e. The molecule has 2 aromatic rings. The molecule has 0 aliphatic rings. The normalized spacial score (nSPS) is 12.1. The van der Waals surface area contributed by atoms with Gasteiger partial charge in [-0.1, -0.05) is 48.0 Å². The van der Waals surface area contributed by atoms with E-state index in [1.165, 1.54) is 36.4 Å². The van der Waals surface area contributed by atoms with Gasteiger partial charge in [-0.3, -0.25) is 10.1 Å². The molecule has 0 amide bonds. The van der Waals surface area contributed by atoms with Crippen LogP contribution >= 0.6 is 11.6 Å². The molecule has 0 saturated heterocycles. The van der Waals surface area contributed by atoms with Crippen LogP contribution in [-0.2, 0) is 10.2 Å². The number of halogens is 2. The lowest BCUT2D eigenvalue weighted by atomic mass is 10.1. The summed E-state index contributed by atoms with van der Waals surface area (Å²) in [6.45, 7) is 0. The average Bonchev–Trinajstić information content (AvgIpc) is 2.52. The molecule has 124 valence electrons. The number of rotatable bonds is 5. The molecule has 5 nitrogen and oxygen atoms in total. The van der Waals surface area contributed by atoms with Crippen LogP contribution in [0.1, 0.15) is 11.1 Å². The van der Waals surface area contributed by atoms with Crippen LogP contribution in [0.2, 0.25) is 5.02 Å². The van der Waals surface area contributed by atoms with Gasteiger partial charge in [0.1, 0.15) is 0 Å². The Balaban J connectivity index is 2.14. The molecular weight excluding hydrogens is 357 g/mol. The quantitative estimate of drug-likeness (QED) is 0.334. The molecule has 24 heavy (non-hydrogen) atoms. The highest BCUT2D eigenvalue weighted by molar-refractivity contribution is 7.86. The SMILES string of the molecule is O=[N+]([O-])c1ccc(/C=C\C=C/c2cccc(S(=O)(=O)F)c2)c(Cl)c1. The first-order valence-corrected chi connectivity index (χ1v) is 8.37. The molecule has 2 rings (SSSR count). The highest BCUT2D eigenvalue weighted by Crippen LogP contribution is 2.23. The number of nitro benzene ring substituents is 1. The van der Waals surface area contributed by atoms with Gasteiger partial charge in [0.2, 0.25) is 0 Å². The summed E-state index contributed by atoms with van der Waals surface area (Å²) in [6.07, 6.45) is 6.47. The van der Waals surface area contributed by atoms with Crippen molar-refractivity contribution in [3.05, 3.63) is 80.9 Å². The largest absolute Gasteiger partial charge is 0.332 e. The van der Waals surface area contributed by atoms with Crippen molar-refractivity contribution >= 4 is 39.7 Å². The van der Waals surface area contributed by atoms with Gasteiger partial charge in [-0.2, -0.15) is 8.42 Å². The summed E-state index contributed by atoms with van der Waals surface area (Å²) in [5.74, 6) is 0. The Kier molecular flexibility index (Phi) is 5.48. The number of nitro groups is 1. The highest BCUT2D eigenvalue weighted by Gasteiger charge is 2.10. The van der Waals surface area contributed by atoms with E-state index >= 15 is 0 Å². The van der Waals surface area contributed by atoms with Gasteiger partial charge in [-0.15, -0.1) is 3.89 Å². The van der Waals surface area contributed by atoms with Crippen molar-refractivity contribution in [1.82, 2.24) is 0 Å². The van der Waals surface area contributed by atoms with E-state index in [0.29, 0.717) is 11.1 Å². The number of allylic oxidation sites excluding steroid dienone is 2. The molecule has 0 saturated carbocycles. The second-order valence-electron chi connectivity index (χ2n) is 4.69. The summed E-state index contributed by atoms with van der Waals surface area (Å²) < 4.78 is 34.6. The second kappa shape index (κ2) is 7.37. The van der Waals surface area contributed by atoms with Crippen LogP contribution in [0.3, 0.4) is 0 Å². The highest BCUT2D eigenvalue weighted by atomic mass is 35.5. The predicted octanol–water partition coefficient (Wildman–Crippen LogP) is 4.63. The molecule has 0 fully saturated rings. The van der Waals surface area contributed by atoms with E-state index in [9.17, 15) is 22.4 Å². The van der Waals surface area contributed by atoms with E-state index in [0.717, 1.165) is 0 Å². The molecule has 0 spiro atoms.